The van der Waals surface area contributed by atoms with Crippen molar-refractivity contribution in [3.63, 3.8) is 0 Å². The van der Waals surface area contributed by atoms with Crippen LogP contribution in [0.1, 0.15) is 21.7 Å². The fourth-order valence-corrected chi connectivity index (χ4v) is 3.72. The molecule has 178 valence electrons. The minimum atomic E-state index is -5.08. The van der Waals surface area contributed by atoms with Gasteiger partial charge in [-0.2, -0.15) is 13.2 Å². The maximum atomic E-state index is 12.8. The third kappa shape index (κ3) is 5.43. The van der Waals surface area contributed by atoms with Crippen molar-refractivity contribution in [2.75, 3.05) is 6.54 Å². The number of carbonyl (C=O) groups is 2. The molecule has 0 radical (unpaired) electrons. The van der Waals surface area contributed by atoms with Gasteiger partial charge in [-0.05, 0) is 29.8 Å². The largest absolute Gasteiger partial charge is 0.490 e. The number of fused-ring (bicyclic) bond motifs is 2. The first-order chi connectivity index (χ1) is 16.7. The highest BCUT2D eigenvalue weighted by Gasteiger charge is 2.38. The molecule has 10 heteroatoms. The van der Waals surface area contributed by atoms with Crippen LogP contribution in [0.3, 0.4) is 0 Å². The van der Waals surface area contributed by atoms with Gasteiger partial charge in [0.05, 0.1) is 5.52 Å². The van der Waals surface area contributed by atoms with Crippen molar-refractivity contribution >= 4 is 22.8 Å². The molecule has 0 atom stereocenters. The van der Waals surface area contributed by atoms with Gasteiger partial charge in [0.1, 0.15) is 5.69 Å². The molecular formula is C25H19F3N4O3. The van der Waals surface area contributed by atoms with Crippen LogP contribution in [0.2, 0.25) is 0 Å². The Labute approximate surface area is 197 Å². The van der Waals surface area contributed by atoms with Gasteiger partial charge in [0.25, 0.3) is 5.91 Å². The Kier molecular flexibility index (Phi) is 6.72. The average molecular weight is 480 g/mol. The minimum Gasteiger partial charge on any atom is -0.475 e. The lowest BCUT2D eigenvalue weighted by Crippen LogP contribution is -2.26. The molecule has 1 aliphatic rings. The molecule has 0 spiro atoms. The third-order valence-electron chi connectivity index (χ3n) is 5.40. The standard InChI is InChI=1S/C23H18N4O.C2HF3O2/c28-23-22-20(19(9-12-25-22)17-5-3-11-24-14-17)15-27(23)13-10-18-8-7-16-4-1-2-6-21(16)26-18;3-2(4,5)1(6)7/h1-9,11-12,14H,10,13,15H2;(H,6,7). The highest BCUT2D eigenvalue weighted by Crippen LogP contribution is 2.31. The number of carboxylic acid groups (broad SMARTS) is 1. The predicted molar refractivity (Wildman–Crippen MR) is 121 cm³/mol. The molecule has 4 heterocycles. The first kappa shape index (κ1) is 23.8. The van der Waals surface area contributed by atoms with Crippen molar-refractivity contribution in [2.45, 2.75) is 19.1 Å². The maximum absolute atomic E-state index is 12.8. The fraction of sp³-hybridized carbons (Fsp3) is 0.160. The molecule has 1 N–H and O–H groups in total. The van der Waals surface area contributed by atoms with Gasteiger partial charge in [0.15, 0.2) is 0 Å². The first-order valence-electron chi connectivity index (χ1n) is 10.6. The van der Waals surface area contributed by atoms with Gasteiger partial charge in [-0.25, -0.2) is 4.79 Å². The summed E-state index contributed by atoms with van der Waals surface area (Å²) in [7, 11) is 0. The van der Waals surface area contributed by atoms with Crippen LogP contribution in [-0.4, -0.2) is 49.6 Å². The smallest absolute Gasteiger partial charge is 0.475 e. The van der Waals surface area contributed by atoms with Crippen LogP contribution in [0.5, 0.6) is 0 Å². The summed E-state index contributed by atoms with van der Waals surface area (Å²) in [5.74, 6) is -2.77. The minimum absolute atomic E-state index is 0.0125. The molecule has 5 rings (SSSR count). The summed E-state index contributed by atoms with van der Waals surface area (Å²) in [4.78, 5) is 36.8. The molecule has 0 aliphatic carbocycles. The highest BCUT2D eigenvalue weighted by molar-refractivity contribution is 5.98. The number of hydrogen-bond acceptors (Lipinski definition) is 5. The van der Waals surface area contributed by atoms with Crippen molar-refractivity contribution in [1.82, 2.24) is 19.9 Å². The van der Waals surface area contributed by atoms with E-state index in [4.69, 9.17) is 14.9 Å². The second-order valence-corrected chi connectivity index (χ2v) is 7.70. The second-order valence-electron chi connectivity index (χ2n) is 7.70. The second kappa shape index (κ2) is 9.88. The van der Waals surface area contributed by atoms with Crippen LogP contribution in [0.15, 0.2) is 73.2 Å². The summed E-state index contributed by atoms with van der Waals surface area (Å²) in [5.41, 5.74) is 5.53. The number of carboxylic acids is 1. The summed E-state index contributed by atoms with van der Waals surface area (Å²) in [6, 6.07) is 18.1. The van der Waals surface area contributed by atoms with Gasteiger partial charge in [0, 0.05) is 60.3 Å². The van der Waals surface area contributed by atoms with Crippen LogP contribution in [-0.2, 0) is 17.8 Å². The molecule has 0 unspecified atom stereocenters. The summed E-state index contributed by atoms with van der Waals surface area (Å²) >= 11 is 0. The van der Waals surface area contributed by atoms with Crippen molar-refractivity contribution in [2.24, 2.45) is 0 Å². The van der Waals surface area contributed by atoms with E-state index in [9.17, 15) is 18.0 Å². The lowest BCUT2D eigenvalue weighted by molar-refractivity contribution is -0.192. The Morgan fingerprint density at radius 1 is 1.03 bits per heavy atom. The lowest BCUT2D eigenvalue weighted by atomic mass is 10.0. The zero-order chi connectivity index (χ0) is 25.0. The first-order valence-corrected chi connectivity index (χ1v) is 10.6. The average Bonchev–Trinajstić information content (AvgIpc) is 3.18. The fourth-order valence-electron chi connectivity index (χ4n) is 3.72. The van der Waals surface area contributed by atoms with Crippen molar-refractivity contribution < 1.29 is 27.9 Å². The summed E-state index contributed by atoms with van der Waals surface area (Å²) in [6.07, 6.45) is 0.904. The van der Waals surface area contributed by atoms with Crippen molar-refractivity contribution in [3.05, 3.63) is 90.1 Å². The van der Waals surface area contributed by atoms with Crippen LogP contribution in [0, 0.1) is 0 Å². The molecule has 4 aromatic rings. The van der Waals surface area contributed by atoms with Crippen LogP contribution < -0.4 is 0 Å². The van der Waals surface area contributed by atoms with E-state index in [-0.39, 0.29) is 5.91 Å². The topological polar surface area (TPSA) is 96.3 Å². The molecule has 1 aliphatic heterocycles. The number of para-hydroxylation sites is 1. The molecule has 35 heavy (non-hydrogen) atoms. The van der Waals surface area contributed by atoms with E-state index in [0.29, 0.717) is 25.2 Å². The Morgan fingerprint density at radius 2 is 1.80 bits per heavy atom. The van der Waals surface area contributed by atoms with E-state index in [1.165, 1.54) is 0 Å². The maximum Gasteiger partial charge on any atom is 0.490 e. The monoisotopic (exact) mass is 480 g/mol. The van der Waals surface area contributed by atoms with E-state index in [1.54, 1.807) is 12.4 Å². The van der Waals surface area contributed by atoms with Gasteiger partial charge in [0.2, 0.25) is 0 Å². The molecular weight excluding hydrogens is 461 g/mol. The molecule has 0 saturated carbocycles. The van der Waals surface area contributed by atoms with Crippen molar-refractivity contribution in [3.8, 4) is 11.1 Å². The highest BCUT2D eigenvalue weighted by atomic mass is 19.4. The van der Waals surface area contributed by atoms with E-state index >= 15 is 0 Å². The summed E-state index contributed by atoms with van der Waals surface area (Å²) in [6.45, 7) is 1.19. The molecule has 3 aromatic heterocycles. The number of aliphatic carboxylic acids is 1. The van der Waals surface area contributed by atoms with Crippen LogP contribution >= 0.6 is 0 Å². The Bertz CT molecular complexity index is 1380. The number of nitrogens with zero attached hydrogens (tertiary/aromatic N) is 4. The molecule has 0 fully saturated rings. The lowest BCUT2D eigenvalue weighted by Gasteiger charge is -2.15. The van der Waals surface area contributed by atoms with E-state index in [2.05, 4.69) is 22.1 Å². The predicted octanol–water partition coefficient (Wildman–Crippen LogP) is 4.52. The number of amides is 1. The van der Waals surface area contributed by atoms with E-state index < -0.39 is 12.1 Å². The van der Waals surface area contributed by atoms with Crippen LogP contribution in [0.25, 0.3) is 22.0 Å². The zero-order valence-electron chi connectivity index (χ0n) is 18.2. The Balaban J connectivity index is 0.000000364. The number of rotatable bonds is 4. The molecule has 7 nitrogen and oxygen atoms in total. The normalized spacial score (nSPS) is 12.8. The number of alkyl halides is 3. The molecule has 0 bridgehead atoms. The van der Waals surface area contributed by atoms with Gasteiger partial charge in [-0.15, -0.1) is 0 Å². The van der Waals surface area contributed by atoms with Crippen molar-refractivity contribution in [1.29, 1.82) is 0 Å². The van der Waals surface area contributed by atoms with E-state index in [1.807, 2.05) is 53.6 Å². The Hall–Kier alpha value is -4.34. The number of hydrogen-bond donors (Lipinski definition) is 1. The van der Waals surface area contributed by atoms with Gasteiger partial charge < -0.3 is 10.0 Å². The van der Waals surface area contributed by atoms with E-state index in [0.717, 1.165) is 33.3 Å². The quantitative estimate of drug-likeness (QED) is 0.461. The van der Waals surface area contributed by atoms with Gasteiger partial charge >= 0.3 is 12.1 Å². The summed E-state index contributed by atoms with van der Waals surface area (Å²) in [5, 5.41) is 8.25. The molecule has 1 amide bonds. The van der Waals surface area contributed by atoms with Gasteiger partial charge in [-0.3, -0.25) is 19.7 Å². The molecule has 1 aromatic carbocycles. The zero-order valence-corrected chi connectivity index (χ0v) is 18.2. The number of carbonyl (C=O) groups excluding carboxylic acids is 1. The number of halogens is 3. The summed E-state index contributed by atoms with van der Waals surface area (Å²) < 4.78 is 31.7. The Morgan fingerprint density at radius 3 is 2.51 bits per heavy atom. The number of benzene rings is 1. The van der Waals surface area contributed by atoms with Gasteiger partial charge in [-0.1, -0.05) is 30.3 Å². The number of aromatic nitrogens is 3. The SMILES string of the molecule is O=C(O)C(F)(F)F.O=C1c2nccc(-c3cccnc3)c2CN1CCc1ccc2ccccc2n1. The number of pyridine rings is 3. The van der Waals surface area contributed by atoms with Crippen LogP contribution in [0.4, 0.5) is 13.2 Å². The third-order valence-corrected chi connectivity index (χ3v) is 5.40. The molecule has 0 saturated heterocycles.